The molecular formula is C12H20N2O3. The van der Waals surface area contributed by atoms with Crippen molar-refractivity contribution < 1.29 is 14.4 Å². The molecule has 1 aliphatic carbocycles. The summed E-state index contributed by atoms with van der Waals surface area (Å²) in [5, 5.41) is 1.15. The third-order valence-electron chi connectivity index (χ3n) is 3.59. The second-order valence-electron chi connectivity index (χ2n) is 4.92. The Morgan fingerprint density at radius 1 is 1.18 bits per heavy atom. The molecule has 1 saturated heterocycles. The number of urea groups is 1. The van der Waals surface area contributed by atoms with Crippen LogP contribution in [-0.2, 0) is 9.63 Å². The number of Topliss-reactive ketones (excluding diaryl/α,β-unsaturated/α-hetero) is 1. The van der Waals surface area contributed by atoms with Crippen molar-refractivity contribution >= 4 is 11.8 Å². The molecule has 0 N–H and O–H groups in total. The number of nitrogens with zero attached hydrogens (tertiary/aromatic N) is 2. The van der Waals surface area contributed by atoms with Gasteiger partial charge in [-0.25, -0.2) is 4.79 Å². The zero-order chi connectivity index (χ0) is 12.3. The molecular weight excluding hydrogens is 220 g/mol. The highest BCUT2D eigenvalue weighted by atomic mass is 16.7. The van der Waals surface area contributed by atoms with Crippen LogP contribution in [0.1, 0.15) is 32.1 Å². The average Bonchev–Trinajstić information content (AvgIpc) is 2.34. The number of rotatable bonds is 3. The fraction of sp³-hybridized carbons (Fsp3) is 0.833. The Labute approximate surface area is 102 Å². The van der Waals surface area contributed by atoms with E-state index < -0.39 is 0 Å². The van der Waals surface area contributed by atoms with Crippen LogP contribution in [0.25, 0.3) is 0 Å². The van der Waals surface area contributed by atoms with Gasteiger partial charge in [0.1, 0.15) is 6.54 Å². The Morgan fingerprint density at radius 2 is 1.88 bits per heavy atom. The lowest BCUT2D eigenvalue weighted by atomic mass is 9.89. The lowest BCUT2D eigenvalue weighted by molar-refractivity contribution is -0.144. The van der Waals surface area contributed by atoms with Crippen molar-refractivity contribution in [1.82, 2.24) is 9.96 Å². The van der Waals surface area contributed by atoms with Gasteiger partial charge in [0.2, 0.25) is 0 Å². The minimum absolute atomic E-state index is 0.0438. The Bertz CT molecular complexity index is 300. The van der Waals surface area contributed by atoms with Crippen LogP contribution in [0.15, 0.2) is 0 Å². The highest BCUT2D eigenvalue weighted by molar-refractivity contribution is 5.92. The third-order valence-corrected chi connectivity index (χ3v) is 3.59. The summed E-state index contributed by atoms with van der Waals surface area (Å²) in [4.78, 5) is 30.0. The predicted octanol–water partition coefficient (Wildman–Crippen LogP) is 1.43. The van der Waals surface area contributed by atoms with Gasteiger partial charge in [-0.2, -0.15) is 5.06 Å². The summed E-state index contributed by atoms with van der Waals surface area (Å²) in [6.45, 7) is 1.02. The molecule has 0 spiro atoms. The van der Waals surface area contributed by atoms with Crippen molar-refractivity contribution in [2.75, 3.05) is 26.7 Å². The molecule has 2 fully saturated rings. The number of hydrogen-bond acceptors (Lipinski definition) is 3. The van der Waals surface area contributed by atoms with Gasteiger partial charge >= 0.3 is 6.03 Å². The maximum absolute atomic E-state index is 12.0. The monoisotopic (exact) mass is 240 g/mol. The summed E-state index contributed by atoms with van der Waals surface area (Å²) in [6.07, 6.45) is 6.13. The summed E-state index contributed by atoms with van der Waals surface area (Å²) < 4.78 is 0. The first-order valence-electron chi connectivity index (χ1n) is 6.33. The van der Waals surface area contributed by atoms with E-state index in [2.05, 4.69) is 0 Å². The Morgan fingerprint density at radius 3 is 2.53 bits per heavy atom. The average molecular weight is 240 g/mol. The number of hydroxylamine groups is 2. The maximum atomic E-state index is 12.0. The SMILES string of the molecule is CON1CC(=O)CN(CC2CCCCC2)C1=O. The molecule has 1 saturated carbocycles. The Kier molecular flexibility index (Phi) is 3.99. The lowest BCUT2D eigenvalue weighted by Crippen LogP contribution is -2.54. The minimum Gasteiger partial charge on any atom is -0.315 e. The highest BCUT2D eigenvalue weighted by Gasteiger charge is 2.32. The quantitative estimate of drug-likeness (QED) is 0.750. The molecule has 17 heavy (non-hydrogen) atoms. The standard InChI is InChI=1S/C12H20N2O3/c1-17-14-9-11(15)8-13(12(14)16)7-10-5-3-2-4-6-10/h10H,2-9H2,1H3. The van der Waals surface area contributed by atoms with Crippen molar-refractivity contribution in [3.05, 3.63) is 0 Å². The first kappa shape index (κ1) is 12.4. The van der Waals surface area contributed by atoms with E-state index in [-0.39, 0.29) is 24.9 Å². The first-order valence-corrected chi connectivity index (χ1v) is 6.33. The molecule has 0 unspecified atom stereocenters. The second-order valence-corrected chi connectivity index (χ2v) is 4.92. The lowest BCUT2D eigenvalue weighted by Gasteiger charge is -2.35. The summed E-state index contributed by atoms with van der Waals surface area (Å²) >= 11 is 0. The molecule has 5 heteroatoms. The topological polar surface area (TPSA) is 49.9 Å². The fourth-order valence-corrected chi connectivity index (χ4v) is 2.68. The molecule has 1 aliphatic heterocycles. The van der Waals surface area contributed by atoms with Crippen molar-refractivity contribution in [2.45, 2.75) is 32.1 Å². The largest absolute Gasteiger partial charge is 0.344 e. The smallest absolute Gasteiger partial charge is 0.315 e. The normalized spacial score (nSPS) is 23.4. The highest BCUT2D eigenvalue weighted by Crippen LogP contribution is 2.25. The summed E-state index contributed by atoms with van der Waals surface area (Å²) in [5.74, 6) is 0.597. The molecule has 0 aromatic heterocycles. The van der Waals surface area contributed by atoms with Gasteiger partial charge in [0.25, 0.3) is 0 Å². The van der Waals surface area contributed by atoms with E-state index in [1.54, 1.807) is 4.90 Å². The van der Waals surface area contributed by atoms with Crippen LogP contribution in [0.5, 0.6) is 0 Å². The van der Waals surface area contributed by atoms with E-state index >= 15 is 0 Å². The molecule has 96 valence electrons. The van der Waals surface area contributed by atoms with Crippen LogP contribution in [0, 0.1) is 5.92 Å². The number of carbonyl (C=O) groups is 2. The van der Waals surface area contributed by atoms with E-state index in [0.29, 0.717) is 12.5 Å². The molecule has 2 amide bonds. The summed E-state index contributed by atoms with van der Waals surface area (Å²) in [6, 6.07) is -0.169. The fourth-order valence-electron chi connectivity index (χ4n) is 2.68. The van der Waals surface area contributed by atoms with Crippen molar-refractivity contribution in [3.8, 4) is 0 Å². The molecule has 5 nitrogen and oxygen atoms in total. The first-order chi connectivity index (χ1) is 8.20. The number of hydrogen-bond donors (Lipinski definition) is 0. The zero-order valence-corrected chi connectivity index (χ0v) is 10.4. The van der Waals surface area contributed by atoms with Crippen LogP contribution < -0.4 is 0 Å². The van der Waals surface area contributed by atoms with Crippen LogP contribution in [0.2, 0.25) is 0 Å². The molecule has 0 bridgehead atoms. The van der Waals surface area contributed by atoms with Gasteiger partial charge in [0, 0.05) is 6.54 Å². The van der Waals surface area contributed by atoms with Gasteiger partial charge in [-0.15, -0.1) is 0 Å². The molecule has 0 atom stereocenters. The summed E-state index contributed by atoms with van der Waals surface area (Å²) in [5.41, 5.74) is 0. The number of carbonyl (C=O) groups excluding carboxylic acids is 2. The van der Waals surface area contributed by atoms with E-state index in [1.165, 1.54) is 39.2 Å². The van der Waals surface area contributed by atoms with E-state index in [1.807, 2.05) is 0 Å². The molecule has 0 aromatic carbocycles. The molecule has 1 heterocycles. The maximum Gasteiger partial charge on any atom is 0.344 e. The van der Waals surface area contributed by atoms with Gasteiger partial charge in [-0.1, -0.05) is 19.3 Å². The van der Waals surface area contributed by atoms with Gasteiger partial charge in [-0.05, 0) is 18.8 Å². The van der Waals surface area contributed by atoms with Crippen LogP contribution >= 0.6 is 0 Å². The van der Waals surface area contributed by atoms with E-state index in [0.717, 1.165) is 5.06 Å². The van der Waals surface area contributed by atoms with Crippen LogP contribution in [0.3, 0.4) is 0 Å². The van der Waals surface area contributed by atoms with Gasteiger partial charge in [-0.3, -0.25) is 9.63 Å². The zero-order valence-electron chi connectivity index (χ0n) is 10.4. The molecule has 0 aromatic rings. The van der Waals surface area contributed by atoms with E-state index in [4.69, 9.17) is 4.84 Å². The minimum atomic E-state index is -0.169. The van der Waals surface area contributed by atoms with Crippen LogP contribution in [-0.4, -0.2) is 48.5 Å². The predicted molar refractivity (Wildman–Crippen MR) is 62.3 cm³/mol. The number of ketones is 1. The van der Waals surface area contributed by atoms with Gasteiger partial charge < -0.3 is 4.90 Å². The third kappa shape index (κ3) is 2.97. The number of amides is 2. The van der Waals surface area contributed by atoms with Crippen molar-refractivity contribution in [3.63, 3.8) is 0 Å². The molecule has 2 aliphatic rings. The van der Waals surface area contributed by atoms with Crippen molar-refractivity contribution in [1.29, 1.82) is 0 Å². The van der Waals surface area contributed by atoms with Crippen LogP contribution in [0.4, 0.5) is 4.79 Å². The Hall–Kier alpha value is -1.10. The molecule has 2 rings (SSSR count). The van der Waals surface area contributed by atoms with Gasteiger partial charge in [0.05, 0.1) is 13.7 Å². The Balaban J connectivity index is 1.93. The second kappa shape index (κ2) is 5.49. The van der Waals surface area contributed by atoms with E-state index in [9.17, 15) is 9.59 Å². The van der Waals surface area contributed by atoms with Gasteiger partial charge in [0.15, 0.2) is 5.78 Å². The summed E-state index contributed by atoms with van der Waals surface area (Å²) in [7, 11) is 1.43. The molecule has 0 radical (unpaired) electrons. The van der Waals surface area contributed by atoms with Crippen molar-refractivity contribution in [2.24, 2.45) is 5.92 Å².